The van der Waals surface area contributed by atoms with E-state index in [4.69, 9.17) is 14.9 Å². The molecule has 0 aromatic heterocycles. The van der Waals surface area contributed by atoms with Crippen LogP contribution in [-0.4, -0.2) is 8.32 Å². The average Bonchev–Trinajstić information content (AvgIpc) is 2.43. The van der Waals surface area contributed by atoms with Crippen molar-refractivity contribution in [2.45, 2.75) is 45.8 Å². The zero-order valence-electron chi connectivity index (χ0n) is 14.9. The van der Waals surface area contributed by atoms with Crippen LogP contribution < -0.4 is 14.9 Å². The molecule has 124 valence electrons. The first kappa shape index (κ1) is 17.4. The maximum Gasteiger partial charge on any atom is 0.250 e. The van der Waals surface area contributed by atoms with E-state index in [0.717, 1.165) is 28.5 Å². The molecule has 23 heavy (non-hydrogen) atoms. The van der Waals surface area contributed by atoms with E-state index in [1.165, 1.54) is 0 Å². The molecule has 0 aliphatic rings. The van der Waals surface area contributed by atoms with E-state index in [9.17, 15) is 0 Å². The number of benzene rings is 2. The second-order valence-corrected chi connectivity index (χ2v) is 12.2. The van der Waals surface area contributed by atoms with Crippen LogP contribution in [0.3, 0.4) is 0 Å². The van der Waals surface area contributed by atoms with Gasteiger partial charge < -0.3 is 14.9 Å². The van der Waals surface area contributed by atoms with Crippen LogP contribution in [0.1, 0.15) is 26.3 Å². The summed E-state index contributed by atoms with van der Waals surface area (Å²) in [5.41, 5.74) is 7.64. The van der Waals surface area contributed by atoms with Crippen molar-refractivity contribution in [3.63, 3.8) is 0 Å². The molecule has 0 atom stereocenters. The second-order valence-electron chi connectivity index (χ2n) is 7.43. The molecule has 2 rings (SSSR count). The fraction of sp³-hybridized carbons (Fsp3) is 0.368. The quantitative estimate of drug-likeness (QED) is 0.573. The summed E-state index contributed by atoms with van der Waals surface area (Å²) >= 11 is 0. The molecular weight excluding hydrogens is 302 g/mol. The van der Waals surface area contributed by atoms with Crippen molar-refractivity contribution in [3.05, 3.63) is 48.0 Å². The van der Waals surface area contributed by atoms with Crippen LogP contribution in [0.5, 0.6) is 17.2 Å². The summed E-state index contributed by atoms with van der Waals surface area (Å²) in [6.45, 7) is 13.1. The van der Waals surface area contributed by atoms with Gasteiger partial charge in [0.2, 0.25) is 0 Å². The minimum atomic E-state index is -1.91. The van der Waals surface area contributed by atoms with Crippen molar-refractivity contribution in [3.8, 4) is 17.2 Å². The van der Waals surface area contributed by atoms with Gasteiger partial charge in [-0.1, -0.05) is 32.9 Å². The Morgan fingerprint density at radius 1 is 0.957 bits per heavy atom. The van der Waals surface area contributed by atoms with Crippen molar-refractivity contribution in [2.24, 2.45) is 0 Å². The molecule has 2 aromatic rings. The van der Waals surface area contributed by atoms with Crippen LogP contribution in [0.2, 0.25) is 18.1 Å². The lowest BCUT2D eigenvalue weighted by Gasteiger charge is -2.36. The van der Waals surface area contributed by atoms with Gasteiger partial charge in [0, 0.05) is 5.69 Å². The molecule has 0 saturated carbocycles. The molecule has 0 bridgehead atoms. The predicted octanol–water partition coefficient (Wildman–Crippen LogP) is 5.75. The van der Waals surface area contributed by atoms with E-state index in [0.29, 0.717) is 0 Å². The van der Waals surface area contributed by atoms with Crippen LogP contribution >= 0.6 is 0 Å². The first-order valence-electron chi connectivity index (χ1n) is 7.92. The van der Waals surface area contributed by atoms with Gasteiger partial charge in [-0.2, -0.15) is 0 Å². The number of nitrogens with two attached hydrogens (primary N) is 1. The highest BCUT2D eigenvalue weighted by Crippen LogP contribution is 2.41. The molecule has 0 fully saturated rings. The number of aryl methyl sites for hydroxylation is 1. The Balaban J connectivity index is 2.29. The van der Waals surface area contributed by atoms with Crippen LogP contribution in [-0.2, 0) is 0 Å². The molecule has 2 aromatic carbocycles. The summed E-state index contributed by atoms with van der Waals surface area (Å²) in [4.78, 5) is 0. The Kier molecular flexibility index (Phi) is 4.75. The highest BCUT2D eigenvalue weighted by Gasteiger charge is 2.39. The van der Waals surface area contributed by atoms with Crippen LogP contribution in [0.25, 0.3) is 0 Å². The molecule has 0 unspecified atom stereocenters. The number of para-hydroxylation sites is 2. The van der Waals surface area contributed by atoms with Crippen LogP contribution in [0.4, 0.5) is 5.69 Å². The summed E-state index contributed by atoms with van der Waals surface area (Å²) in [5, 5.41) is 0.137. The summed E-state index contributed by atoms with van der Waals surface area (Å²) in [6, 6.07) is 13.5. The summed E-state index contributed by atoms with van der Waals surface area (Å²) in [5.74, 6) is 2.30. The van der Waals surface area contributed by atoms with Gasteiger partial charge in [-0.25, -0.2) is 0 Å². The van der Waals surface area contributed by atoms with Gasteiger partial charge in [0.25, 0.3) is 8.32 Å². The molecule has 4 heteroatoms. The van der Waals surface area contributed by atoms with Gasteiger partial charge in [0.1, 0.15) is 11.5 Å². The van der Waals surface area contributed by atoms with Gasteiger partial charge in [-0.15, -0.1) is 0 Å². The molecule has 2 N–H and O–H groups in total. The minimum absolute atomic E-state index is 0.137. The van der Waals surface area contributed by atoms with Gasteiger partial charge in [0.15, 0.2) is 5.75 Å². The summed E-state index contributed by atoms with van der Waals surface area (Å²) in [6.07, 6.45) is 0. The van der Waals surface area contributed by atoms with Gasteiger partial charge >= 0.3 is 0 Å². The third-order valence-electron chi connectivity index (χ3n) is 4.49. The predicted molar refractivity (Wildman–Crippen MR) is 99.9 cm³/mol. The lowest BCUT2D eigenvalue weighted by molar-refractivity contribution is 0.429. The van der Waals surface area contributed by atoms with Gasteiger partial charge in [0.05, 0.1) is 0 Å². The number of rotatable bonds is 4. The molecule has 0 heterocycles. The largest absolute Gasteiger partial charge is 0.541 e. The van der Waals surface area contributed by atoms with Gasteiger partial charge in [-0.05, 0) is 61.0 Å². The van der Waals surface area contributed by atoms with E-state index >= 15 is 0 Å². The Morgan fingerprint density at radius 3 is 2.13 bits per heavy atom. The lowest BCUT2D eigenvalue weighted by Crippen LogP contribution is -2.43. The van der Waals surface area contributed by atoms with Crippen LogP contribution in [0, 0.1) is 6.92 Å². The molecule has 0 amide bonds. The third kappa shape index (κ3) is 4.08. The standard InChI is InChI=1S/C19H27NO2Si/c1-14-13-15(11-12-16(14)20)21-17-9-7-8-10-18(17)22-23(5,6)19(2,3)4/h7-13H,20H2,1-6H3. The van der Waals surface area contributed by atoms with E-state index in [-0.39, 0.29) is 5.04 Å². The Labute approximate surface area is 140 Å². The normalized spacial score (nSPS) is 12.1. The summed E-state index contributed by atoms with van der Waals surface area (Å²) < 4.78 is 12.5. The fourth-order valence-corrected chi connectivity index (χ4v) is 2.91. The fourth-order valence-electron chi connectivity index (χ4n) is 1.89. The van der Waals surface area contributed by atoms with Crippen molar-refractivity contribution in [1.29, 1.82) is 0 Å². The number of anilines is 1. The molecule has 0 aliphatic heterocycles. The first-order chi connectivity index (χ1) is 10.6. The molecular formula is C19H27NO2Si. The van der Waals surface area contributed by atoms with Crippen molar-refractivity contribution < 1.29 is 9.16 Å². The van der Waals surface area contributed by atoms with Gasteiger partial charge in [-0.3, -0.25) is 0 Å². The Bertz CT molecular complexity index is 690. The monoisotopic (exact) mass is 329 g/mol. The highest BCUT2D eigenvalue weighted by molar-refractivity contribution is 6.74. The number of nitrogen functional groups attached to an aromatic ring is 1. The number of ether oxygens (including phenoxy) is 1. The third-order valence-corrected chi connectivity index (χ3v) is 8.83. The molecule has 0 spiro atoms. The highest BCUT2D eigenvalue weighted by atomic mass is 28.4. The number of hydrogen-bond donors (Lipinski definition) is 1. The Hall–Kier alpha value is -1.94. The zero-order valence-corrected chi connectivity index (χ0v) is 15.9. The van der Waals surface area contributed by atoms with Crippen molar-refractivity contribution in [1.82, 2.24) is 0 Å². The second kappa shape index (κ2) is 6.28. The molecule has 0 radical (unpaired) electrons. The van der Waals surface area contributed by atoms with Crippen molar-refractivity contribution in [2.75, 3.05) is 5.73 Å². The maximum atomic E-state index is 6.41. The average molecular weight is 330 g/mol. The number of hydrogen-bond acceptors (Lipinski definition) is 3. The minimum Gasteiger partial charge on any atom is -0.541 e. The summed E-state index contributed by atoms with van der Waals surface area (Å²) in [7, 11) is -1.91. The zero-order chi connectivity index (χ0) is 17.3. The smallest absolute Gasteiger partial charge is 0.250 e. The van der Waals surface area contributed by atoms with E-state index in [1.807, 2.05) is 49.4 Å². The topological polar surface area (TPSA) is 44.5 Å². The maximum absolute atomic E-state index is 6.41. The lowest BCUT2D eigenvalue weighted by atomic mass is 10.2. The van der Waals surface area contributed by atoms with E-state index < -0.39 is 8.32 Å². The molecule has 0 saturated heterocycles. The SMILES string of the molecule is Cc1cc(Oc2ccccc2O[Si](C)(C)C(C)(C)C)ccc1N. The molecule has 3 nitrogen and oxygen atoms in total. The van der Waals surface area contributed by atoms with E-state index in [2.05, 4.69) is 33.9 Å². The molecule has 0 aliphatic carbocycles. The Morgan fingerprint density at radius 2 is 1.57 bits per heavy atom. The first-order valence-corrected chi connectivity index (χ1v) is 10.8. The van der Waals surface area contributed by atoms with Crippen LogP contribution in [0.15, 0.2) is 42.5 Å². The van der Waals surface area contributed by atoms with E-state index in [1.54, 1.807) is 0 Å². The van der Waals surface area contributed by atoms with Crippen molar-refractivity contribution >= 4 is 14.0 Å².